The first-order valence-corrected chi connectivity index (χ1v) is 15.2. The molecule has 2 aromatic carbocycles. The lowest BCUT2D eigenvalue weighted by Crippen LogP contribution is -2.49. The maximum atomic E-state index is 13.5. The van der Waals surface area contributed by atoms with E-state index in [1.54, 1.807) is 4.90 Å². The van der Waals surface area contributed by atoms with Gasteiger partial charge in [-0.25, -0.2) is 8.42 Å². The van der Waals surface area contributed by atoms with Crippen LogP contribution in [0.2, 0.25) is 10.0 Å². The minimum atomic E-state index is -4.74. The molecule has 0 aliphatic carbocycles. The van der Waals surface area contributed by atoms with Crippen molar-refractivity contribution in [1.29, 1.82) is 0 Å². The van der Waals surface area contributed by atoms with E-state index in [2.05, 4.69) is 0 Å². The molecule has 2 fully saturated rings. The number of rotatable bonds is 8. The van der Waals surface area contributed by atoms with Crippen molar-refractivity contribution in [3.63, 3.8) is 0 Å². The zero-order chi connectivity index (χ0) is 29.1. The highest BCUT2D eigenvalue weighted by molar-refractivity contribution is 7.89. The van der Waals surface area contributed by atoms with Crippen LogP contribution >= 0.6 is 23.2 Å². The van der Waals surface area contributed by atoms with Gasteiger partial charge in [-0.2, -0.15) is 17.5 Å². The van der Waals surface area contributed by atoms with Crippen LogP contribution in [0.15, 0.2) is 47.4 Å². The third kappa shape index (κ3) is 7.30. The summed E-state index contributed by atoms with van der Waals surface area (Å²) in [4.78, 5) is 13.8. The van der Waals surface area contributed by atoms with Gasteiger partial charge in [0.05, 0.1) is 27.8 Å². The predicted molar refractivity (Wildman–Crippen MR) is 145 cm³/mol. The minimum Gasteiger partial charge on any atom is -0.389 e. The van der Waals surface area contributed by atoms with Crippen molar-refractivity contribution >= 4 is 39.1 Å². The van der Waals surface area contributed by atoms with E-state index in [1.165, 1.54) is 0 Å². The summed E-state index contributed by atoms with van der Waals surface area (Å²) < 4.78 is 73.1. The van der Waals surface area contributed by atoms with Gasteiger partial charge in [0.2, 0.25) is 15.9 Å². The molecule has 40 heavy (non-hydrogen) atoms. The first-order chi connectivity index (χ1) is 18.8. The highest BCUT2D eigenvalue weighted by Gasteiger charge is 2.39. The van der Waals surface area contributed by atoms with Crippen LogP contribution in [0.1, 0.15) is 43.2 Å². The maximum Gasteiger partial charge on any atom is 0.416 e. The van der Waals surface area contributed by atoms with E-state index in [-0.39, 0.29) is 25.7 Å². The number of benzene rings is 2. The smallest absolute Gasteiger partial charge is 0.389 e. The Hall–Kier alpha value is -1.89. The monoisotopic (exact) mass is 622 g/mol. The Morgan fingerprint density at radius 3 is 2.27 bits per heavy atom. The Labute approximate surface area is 241 Å². The Morgan fingerprint density at radius 2 is 1.68 bits per heavy atom. The van der Waals surface area contributed by atoms with E-state index in [0.717, 1.165) is 9.87 Å². The topological polar surface area (TPSA) is 87.2 Å². The normalized spacial score (nSPS) is 20.4. The molecule has 7 nitrogen and oxygen atoms in total. The molecule has 0 bridgehead atoms. The molecule has 220 valence electrons. The van der Waals surface area contributed by atoms with E-state index in [1.807, 2.05) is 30.3 Å². The van der Waals surface area contributed by atoms with Crippen LogP contribution < -0.4 is 0 Å². The lowest BCUT2D eigenvalue weighted by atomic mass is 9.85. The molecule has 1 unspecified atom stereocenters. The van der Waals surface area contributed by atoms with Gasteiger partial charge < -0.3 is 14.7 Å². The van der Waals surface area contributed by atoms with E-state index in [9.17, 15) is 31.5 Å². The third-order valence-corrected chi connectivity index (χ3v) is 10.3. The summed E-state index contributed by atoms with van der Waals surface area (Å²) >= 11 is 12.0. The van der Waals surface area contributed by atoms with E-state index in [4.69, 9.17) is 27.9 Å². The zero-order valence-corrected chi connectivity index (χ0v) is 24.0. The average Bonchev–Trinajstić information content (AvgIpc) is 2.88. The highest BCUT2D eigenvalue weighted by atomic mass is 35.5. The van der Waals surface area contributed by atoms with E-state index in [0.29, 0.717) is 63.7 Å². The van der Waals surface area contributed by atoms with Crippen molar-refractivity contribution in [1.82, 2.24) is 9.21 Å². The lowest BCUT2D eigenvalue weighted by Gasteiger charge is -2.38. The van der Waals surface area contributed by atoms with Crippen LogP contribution in [-0.4, -0.2) is 73.1 Å². The maximum absolute atomic E-state index is 13.5. The zero-order valence-electron chi connectivity index (χ0n) is 21.7. The molecule has 0 radical (unpaired) electrons. The molecule has 0 spiro atoms. The predicted octanol–water partition coefficient (Wildman–Crippen LogP) is 5.17. The fraction of sp³-hybridized carbons (Fsp3) is 0.519. The first-order valence-electron chi connectivity index (χ1n) is 13.0. The molecule has 2 saturated heterocycles. The third-order valence-electron chi connectivity index (χ3n) is 7.42. The summed E-state index contributed by atoms with van der Waals surface area (Å²) in [5.74, 6) is -0.263. The molecular weight excluding hydrogens is 592 g/mol. The minimum absolute atomic E-state index is 0.0768. The van der Waals surface area contributed by atoms with Gasteiger partial charge in [-0.05, 0) is 43.4 Å². The molecule has 0 aromatic heterocycles. The summed E-state index contributed by atoms with van der Waals surface area (Å²) in [7, 11) is -4.35. The van der Waals surface area contributed by atoms with Crippen molar-refractivity contribution < 1.29 is 36.2 Å². The van der Waals surface area contributed by atoms with Crippen LogP contribution in [0.5, 0.6) is 0 Å². The van der Waals surface area contributed by atoms with Gasteiger partial charge in [-0.3, -0.25) is 4.79 Å². The lowest BCUT2D eigenvalue weighted by molar-refractivity contribution is -0.141. The molecule has 1 amide bonds. The van der Waals surface area contributed by atoms with Gasteiger partial charge in [0, 0.05) is 32.1 Å². The van der Waals surface area contributed by atoms with Gasteiger partial charge in [-0.15, -0.1) is 0 Å². The number of nitrogens with zero attached hydrogens (tertiary/aromatic N) is 2. The SMILES string of the molecule is O=C(COCC1CCCCN1S(=O)(=O)c1c(Cl)cc(C(F)(F)F)cc1Cl)N1CCC(O)(Cc2ccccc2)CC1. The van der Waals surface area contributed by atoms with Gasteiger partial charge in [0.1, 0.15) is 11.5 Å². The second kappa shape index (κ2) is 12.5. The van der Waals surface area contributed by atoms with Crippen molar-refractivity contribution in [3.05, 3.63) is 63.6 Å². The number of halogens is 5. The molecule has 13 heteroatoms. The van der Waals surface area contributed by atoms with Gasteiger partial charge in [-0.1, -0.05) is 60.0 Å². The number of hydrogen-bond acceptors (Lipinski definition) is 5. The van der Waals surface area contributed by atoms with Crippen molar-refractivity contribution in [2.45, 2.75) is 61.2 Å². The van der Waals surface area contributed by atoms with Crippen molar-refractivity contribution in [2.24, 2.45) is 0 Å². The quantitative estimate of drug-likeness (QED) is 0.439. The number of sulfonamides is 1. The molecule has 1 atom stereocenters. The van der Waals surface area contributed by atoms with Crippen LogP contribution in [0.25, 0.3) is 0 Å². The molecule has 2 aliphatic rings. The van der Waals surface area contributed by atoms with Crippen LogP contribution in [0, 0.1) is 0 Å². The summed E-state index contributed by atoms with van der Waals surface area (Å²) in [6, 6.07) is 10.1. The fourth-order valence-corrected chi connectivity index (χ4v) is 8.09. The number of hydrogen-bond donors (Lipinski definition) is 1. The van der Waals surface area contributed by atoms with Gasteiger partial charge >= 0.3 is 6.18 Å². The number of aliphatic hydroxyl groups is 1. The second-order valence-electron chi connectivity index (χ2n) is 10.3. The standard InChI is InChI=1S/C27H31Cl2F3N2O5S/c28-22-14-20(27(30,31)32)15-23(29)25(22)40(37,38)34-11-5-4-8-21(34)17-39-18-24(35)33-12-9-26(36,10-13-33)16-19-6-2-1-3-7-19/h1-3,6-7,14-15,21,36H,4-5,8-13,16-18H2. The largest absolute Gasteiger partial charge is 0.416 e. The van der Waals surface area contributed by atoms with Crippen LogP contribution in [-0.2, 0) is 32.2 Å². The highest BCUT2D eigenvalue weighted by Crippen LogP contribution is 2.40. The van der Waals surface area contributed by atoms with Gasteiger partial charge in [0.25, 0.3) is 0 Å². The van der Waals surface area contributed by atoms with E-state index >= 15 is 0 Å². The number of amides is 1. The number of piperidine rings is 2. The van der Waals surface area contributed by atoms with Crippen LogP contribution in [0.4, 0.5) is 13.2 Å². The number of likely N-dealkylation sites (tertiary alicyclic amines) is 1. The Balaban J connectivity index is 1.34. The second-order valence-corrected chi connectivity index (χ2v) is 13.0. The average molecular weight is 624 g/mol. The summed E-state index contributed by atoms with van der Waals surface area (Å²) in [5, 5.41) is 9.73. The van der Waals surface area contributed by atoms with Crippen molar-refractivity contribution in [3.8, 4) is 0 Å². The number of carbonyl (C=O) groups is 1. The summed E-state index contributed by atoms with van der Waals surface area (Å²) in [5.41, 5.74) is -1.01. The molecule has 4 rings (SSSR count). The molecular formula is C27H31Cl2F3N2O5S. The summed E-state index contributed by atoms with van der Waals surface area (Å²) in [6.45, 7) is 0.529. The molecule has 1 N–H and O–H groups in total. The molecule has 2 aliphatic heterocycles. The number of carbonyl (C=O) groups excluding carboxylic acids is 1. The number of ether oxygens (including phenoxy) is 1. The van der Waals surface area contributed by atoms with Gasteiger partial charge in [0.15, 0.2) is 0 Å². The Bertz CT molecular complexity index is 1280. The summed E-state index contributed by atoms with van der Waals surface area (Å²) in [6.07, 6.45) is -1.67. The van der Waals surface area contributed by atoms with Crippen LogP contribution in [0.3, 0.4) is 0 Å². The first kappa shape index (κ1) is 31.1. The molecule has 0 saturated carbocycles. The Kier molecular flexibility index (Phi) is 9.74. The van der Waals surface area contributed by atoms with E-state index < -0.39 is 48.3 Å². The Morgan fingerprint density at radius 1 is 1.05 bits per heavy atom. The number of alkyl halides is 3. The fourth-order valence-electron chi connectivity index (χ4n) is 5.24. The molecule has 2 heterocycles. The van der Waals surface area contributed by atoms with Crippen molar-refractivity contribution in [2.75, 3.05) is 32.8 Å². The molecule has 2 aromatic rings.